The SMILES string of the molecule is O=C(COc1ccccc1Cl)NC(=O)NC[C@H]1COc2ccccc2O1. The standard InChI is InChI=1S/C18H17ClN2O5/c19-13-5-1-2-6-14(13)25-11-17(22)21-18(23)20-9-12-10-24-15-7-3-4-8-16(15)26-12/h1-8,12H,9-11H2,(H2,20,21,22,23)/t12-/m0/s1. The lowest BCUT2D eigenvalue weighted by atomic mass is 10.2. The Hall–Kier alpha value is -2.93. The van der Waals surface area contributed by atoms with Gasteiger partial charge in [-0.1, -0.05) is 35.9 Å². The normalized spacial score (nSPS) is 15.0. The van der Waals surface area contributed by atoms with Gasteiger partial charge in [-0.2, -0.15) is 0 Å². The number of urea groups is 1. The van der Waals surface area contributed by atoms with E-state index < -0.39 is 11.9 Å². The molecule has 1 aliphatic heterocycles. The zero-order valence-electron chi connectivity index (χ0n) is 13.7. The van der Waals surface area contributed by atoms with E-state index in [4.69, 9.17) is 25.8 Å². The van der Waals surface area contributed by atoms with Gasteiger partial charge in [0.1, 0.15) is 12.4 Å². The van der Waals surface area contributed by atoms with Crippen molar-refractivity contribution in [2.24, 2.45) is 0 Å². The first-order valence-corrected chi connectivity index (χ1v) is 8.33. The van der Waals surface area contributed by atoms with Crippen molar-refractivity contribution in [3.05, 3.63) is 53.6 Å². The lowest BCUT2D eigenvalue weighted by Crippen LogP contribution is -2.47. The average Bonchev–Trinajstić information content (AvgIpc) is 2.65. The molecule has 1 aliphatic rings. The maximum atomic E-state index is 11.8. The Morgan fingerprint density at radius 1 is 1.12 bits per heavy atom. The first-order chi connectivity index (χ1) is 12.6. The molecule has 2 N–H and O–H groups in total. The van der Waals surface area contributed by atoms with Crippen LogP contribution in [0.25, 0.3) is 0 Å². The Morgan fingerprint density at radius 2 is 1.85 bits per heavy atom. The van der Waals surface area contributed by atoms with Gasteiger partial charge in [-0.25, -0.2) is 4.79 Å². The summed E-state index contributed by atoms with van der Waals surface area (Å²) < 4.78 is 16.5. The van der Waals surface area contributed by atoms with Gasteiger partial charge in [0, 0.05) is 0 Å². The van der Waals surface area contributed by atoms with Gasteiger partial charge < -0.3 is 19.5 Å². The molecule has 7 nitrogen and oxygen atoms in total. The summed E-state index contributed by atoms with van der Waals surface area (Å²) in [5.74, 6) is 1.07. The molecule has 0 saturated carbocycles. The van der Waals surface area contributed by atoms with E-state index in [1.165, 1.54) is 0 Å². The van der Waals surface area contributed by atoms with Gasteiger partial charge in [-0.05, 0) is 24.3 Å². The molecule has 8 heteroatoms. The van der Waals surface area contributed by atoms with Gasteiger partial charge in [0.2, 0.25) is 0 Å². The molecule has 0 saturated heterocycles. The largest absolute Gasteiger partial charge is 0.486 e. The van der Waals surface area contributed by atoms with E-state index >= 15 is 0 Å². The molecule has 26 heavy (non-hydrogen) atoms. The topological polar surface area (TPSA) is 85.9 Å². The summed E-state index contributed by atoms with van der Waals surface area (Å²) >= 11 is 5.92. The fourth-order valence-electron chi connectivity index (χ4n) is 2.28. The molecule has 0 radical (unpaired) electrons. The van der Waals surface area contributed by atoms with Crippen LogP contribution in [0, 0.1) is 0 Å². The molecule has 1 atom stereocenters. The van der Waals surface area contributed by atoms with Crippen molar-refractivity contribution in [1.29, 1.82) is 0 Å². The van der Waals surface area contributed by atoms with Crippen LogP contribution in [0.3, 0.4) is 0 Å². The van der Waals surface area contributed by atoms with Crippen molar-refractivity contribution in [2.75, 3.05) is 19.8 Å². The van der Waals surface area contributed by atoms with Crippen molar-refractivity contribution in [1.82, 2.24) is 10.6 Å². The van der Waals surface area contributed by atoms with Crippen LogP contribution in [0.15, 0.2) is 48.5 Å². The van der Waals surface area contributed by atoms with Crippen LogP contribution in [0.4, 0.5) is 4.79 Å². The number of halogens is 1. The highest BCUT2D eigenvalue weighted by molar-refractivity contribution is 6.32. The average molecular weight is 377 g/mol. The van der Waals surface area contributed by atoms with Crippen LogP contribution in [-0.2, 0) is 4.79 Å². The summed E-state index contributed by atoms with van der Waals surface area (Å²) in [5.41, 5.74) is 0. The first-order valence-electron chi connectivity index (χ1n) is 7.95. The van der Waals surface area contributed by atoms with E-state index in [2.05, 4.69) is 10.6 Å². The number of ether oxygens (including phenoxy) is 3. The number of carbonyl (C=O) groups is 2. The predicted molar refractivity (Wildman–Crippen MR) is 94.8 cm³/mol. The van der Waals surface area contributed by atoms with Gasteiger partial charge in [-0.15, -0.1) is 0 Å². The number of fused-ring (bicyclic) bond motifs is 1. The molecule has 0 aromatic heterocycles. The molecule has 3 rings (SSSR count). The van der Waals surface area contributed by atoms with Crippen LogP contribution in [0.5, 0.6) is 17.2 Å². The van der Waals surface area contributed by atoms with Crippen molar-refractivity contribution in [3.8, 4) is 17.2 Å². The van der Waals surface area contributed by atoms with E-state index in [1.807, 2.05) is 18.2 Å². The number of benzene rings is 2. The molecule has 0 fully saturated rings. The highest BCUT2D eigenvalue weighted by Gasteiger charge is 2.21. The fourth-order valence-corrected chi connectivity index (χ4v) is 2.47. The zero-order valence-corrected chi connectivity index (χ0v) is 14.5. The van der Waals surface area contributed by atoms with Gasteiger partial charge in [0.05, 0.1) is 11.6 Å². The third kappa shape index (κ3) is 4.80. The summed E-state index contributed by atoms with van der Waals surface area (Å²) in [4.78, 5) is 23.6. The van der Waals surface area contributed by atoms with Crippen LogP contribution >= 0.6 is 11.6 Å². The Labute approximate surface area is 155 Å². The molecule has 0 spiro atoms. The highest BCUT2D eigenvalue weighted by atomic mass is 35.5. The number of carbonyl (C=O) groups excluding carboxylic acids is 2. The fraction of sp³-hybridized carbons (Fsp3) is 0.222. The third-order valence-electron chi connectivity index (χ3n) is 3.51. The second-order valence-corrected chi connectivity index (χ2v) is 5.88. The molecule has 2 aromatic rings. The maximum Gasteiger partial charge on any atom is 0.321 e. The van der Waals surface area contributed by atoms with Crippen LogP contribution < -0.4 is 24.8 Å². The Bertz CT molecular complexity index is 799. The Morgan fingerprint density at radius 3 is 2.65 bits per heavy atom. The summed E-state index contributed by atoms with van der Waals surface area (Å²) in [7, 11) is 0. The summed E-state index contributed by atoms with van der Waals surface area (Å²) in [5, 5.41) is 5.13. The van der Waals surface area contributed by atoms with Crippen LogP contribution in [0.1, 0.15) is 0 Å². The van der Waals surface area contributed by atoms with Crippen LogP contribution in [0.2, 0.25) is 5.02 Å². The summed E-state index contributed by atoms with van der Waals surface area (Å²) in [6, 6.07) is 13.4. The molecule has 0 bridgehead atoms. The van der Waals surface area contributed by atoms with Gasteiger partial charge in [0.15, 0.2) is 24.2 Å². The minimum atomic E-state index is -0.639. The molecular weight excluding hydrogens is 360 g/mol. The third-order valence-corrected chi connectivity index (χ3v) is 3.82. The minimum absolute atomic E-state index is 0.193. The van der Waals surface area contributed by atoms with E-state index in [9.17, 15) is 9.59 Å². The van der Waals surface area contributed by atoms with Gasteiger partial charge in [0.25, 0.3) is 5.91 Å². The van der Waals surface area contributed by atoms with Gasteiger partial charge >= 0.3 is 6.03 Å². The lowest BCUT2D eigenvalue weighted by molar-refractivity contribution is -0.122. The van der Waals surface area contributed by atoms with E-state index in [0.29, 0.717) is 28.9 Å². The number of para-hydroxylation sites is 3. The number of rotatable bonds is 5. The highest BCUT2D eigenvalue weighted by Crippen LogP contribution is 2.30. The molecule has 136 valence electrons. The van der Waals surface area contributed by atoms with E-state index in [-0.39, 0.29) is 19.3 Å². The molecular formula is C18H17ClN2O5. The van der Waals surface area contributed by atoms with Crippen molar-refractivity contribution in [2.45, 2.75) is 6.10 Å². The Kier molecular flexibility index (Phi) is 5.80. The summed E-state index contributed by atoms with van der Waals surface area (Å²) in [6.07, 6.45) is -0.342. The quantitative estimate of drug-likeness (QED) is 0.836. The molecule has 1 heterocycles. The molecule has 0 aliphatic carbocycles. The van der Waals surface area contributed by atoms with Crippen molar-refractivity contribution < 1.29 is 23.8 Å². The molecule has 2 aromatic carbocycles. The first kappa shape index (κ1) is 17.9. The number of hydrogen-bond donors (Lipinski definition) is 2. The monoisotopic (exact) mass is 376 g/mol. The van der Waals surface area contributed by atoms with Crippen molar-refractivity contribution >= 4 is 23.5 Å². The smallest absolute Gasteiger partial charge is 0.321 e. The number of nitrogens with one attached hydrogen (secondary N) is 2. The Balaban J connectivity index is 1.39. The predicted octanol–water partition coefficient (Wildman–Crippen LogP) is 2.38. The van der Waals surface area contributed by atoms with E-state index in [0.717, 1.165) is 0 Å². The van der Waals surface area contributed by atoms with Crippen LogP contribution in [-0.4, -0.2) is 37.8 Å². The van der Waals surface area contributed by atoms with Crippen molar-refractivity contribution in [3.63, 3.8) is 0 Å². The minimum Gasteiger partial charge on any atom is -0.486 e. The second kappa shape index (κ2) is 8.44. The number of amides is 3. The number of hydrogen-bond acceptors (Lipinski definition) is 5. The molecule has 3 amide bonds. The maximum absolute atomic E-state index is 11.8. The molecule has 0 unspecified atom stereocenters. The zero-order chi connectivity index (χ0) is 18.4. The van der Waals surface area contributed by atoms with E-state index in [1.54, 1.807) is 30.3 Å². The summed E-state index contributed by atoms with van der Waals surface area (Å²) in [6.45, 7) is 0.174. The lowest BCUT2D eigenvalue weighted by Gasteiger charge is -2.26. The van der Waals surface area contributed by atoms with Gasteiger partial charge in [-0.3, -0.25) is 10.1 Å². The second-order valence-electron chi connectivity index (χ2n) is 5.47. The number of imide groups is 1.